The Bertz CT molecular complexity index is 1650. The Morgan fingerprint density at radius 2 is 2.00 bits per heavy atom. The molecule has 0 spiro atoms. The number of fused-ring (bicyclic) bond motifs is 6. The van der Waals surface area contributed by atoms with E-state index < -0.39 is 0 Å². The third-order valence-electron chi connectivity index (χ3n) is 6.94. The molecule has 11 nitrogen and oxygen atoms in total. The molecule has 1 aromatic carbocycles. The largest absolute Gasteiger partial charge is 0.480 e. The van der Waals surface area contributed by atoms with Crippen molar-refractivity contribution >= 4 is 34.4 Å². The Morgan fingerprint density at radius 1 is 1.05 bits per heavy atom. The Morgan fingerprint density at radius 3 is 2.95 bits per heavy atom. The first kappa shape index (κ1) is 21.7. The summed E-state index contributed by atoms with van der Waals surface area (Å²) >= 11 is 0. The molecule has 3 aliphatic heterocycles. The molecule has 11 heteroatoms. The zero-order chi connectivity index (χ0) is 24.9. The second-order valence-electron chi connectivity index (χ2n) is 9.25. The summed E-state index contributed by atoms with van der Waals surface area (Å²) in [5.41, 5.74) is 3.69. The van der Waals surface area contributed by atoms with Crippen LogP contribution in [0.4, 0.5) is 17.5 Å². The fraction of sp³-hybridized carbons (Fsp3) is 0.269. The number of nitrogens with one attached hydrogen (secondary N) is 2. The van der Waals surface area contributed by atoms with E-state index in [1.807, 2.05) is 18.2 Å². The van der Waals surface area contributed by atoms with Crippen molar-refractivity contribution < 1.29 is 9.53 Å². The van der Waals surface area contributed by atoms with Crippen molar-refractivity contribution in [1.82, 2.24) is 29.6 Å². The smallest absolute Gasteiger partial charge is 0.278 e. The minimum Gasteiger partial charge on any atom is -0.480 e. The van der Waals surface area contributed by atoms with Gasteiger partial charge in [0.2, 0.25) is 5.95 Å². The Labute approximate surface area is 211 Å². The van der Waals surface area contributed by atoms with Crippen LogP contribution in [0.3, 0.4) is 0 Å². The summed E-state index contributed by atoms with van der Waals surface area (Å²) < 4.78 is 8.89. The monoisotopic (exact) mass is 496 g/mol. The first-order valence-electron chi connectivity index (χ1n) is 12.3. The lowest BCUT2D eigenvalue weighted by Crippen LogP contribution is -2.40. The summed E-state index contributed by atoms with van der Waals surface area (Å²) in [6, 6.07) is 9.80. The third-order valence-corrected chi connectivity index (χ3v) is 6.94. The van der Waals surface area contributed by atoms with Crippen LogP contribution >= 0.6 is 0 Å². The highest BCUT2D eigenvalue weighted by Crippen LogP contribution is 2.32. The highest BCUT2D eigenvalue weighted by Gasteiger charge is 2.28. The maximum absolute atomic E-state index is 13.4. The summed E-state index contributed by atoms with van der Waals surface area (Å²) in [5.74, 6) is 1.69. The molecule has 0 saturated heterocycles. The van der Waals surface area contributed by atoms with Crippen molar-refractivity contribution in [3.63, 3.8) is 0 Å². The van der Waals surface area contributed by atoms with Crippen LogP contribution in [-0.4, -0.2) is 49.9 Å². The number of ether oxygens (including phenoxy) is 1. The average molecular weight is 497 g/mol. The van der Waals surface area contributed by atoms with Gasteiger partial charge in [-0.1, -0.05) is 18.2 Å². The number of aromatic nitrogens is 5. The molecule has 7 rings (SSSR count). The molecule has 2 N–H and O–H groups in total. The highest BCUT2D eigenvalue weighted by atomic mass is 16.5. The van der Waals surface area contributed by atoms with E-state index in [1.54, 1.807) is 32.6 Å². The average Bonchev–Trinajstić information content (AvgIpc) is 3.18. The second kappa shape index (κ2) is 8.56. The summed E-state index contributed by atoms with van der Waals surface area (Å²) in [6.07, 6.45) is 7.04. The van der Waals surface area contributed by atoms with Gasteiger partial charge in [0.1, 0.15) is 5.39 Å². The third kappa shape index (κ3) is 3.66. The molecule has 37 heavy (non-hydrogen) atoms. The van der Waals surface area contributed by atoms with Crippen molar-refractivity contribution in [3.05, 3.63) is 70.2 Å². The van der Waals surface area contributed by atoms with Gasteiger partial charge in [0.05, 0.1) is 6.54 Å². The van der Waals surface area contributed by atoms with E-state index in [1.165, 1.54) is 11.1 Å². The van der Waals surface area contributed by atoms with Gasteiger partial charge in [-0.05, 0) is 54.8 Å². The fourth-order valence-electron chi connectivity index (χ4n) is 5.08. The number of carbonyl (C=O) groups excluding carboxylic acids is 1. The van der Waals surface area contributed by atoms with E-state index in [4.69, 9.17) is 14.7 Å². The topological polar surface area (TPSA) is 119 Å². The number of rotatable bonds is 2. The Balaban J connectivity index is 1.36. The maximum atomic E-state index is 13.4. The molecule has 3 aromatic heterocycles. The summed E-state index contributed by atoms with van der Waals surface area (Å²) in [7, 11) is 0. The zero-order valence-electron chi connectivity index (χ0n) is 20.0. The van der Waals surface area contributed by atoms with Crippen molar-refractivity contribution in [1.29, 1.82) is 0 Å². The second-order valence-corrected chi connectivity index (χ2v) is 9.25. The van der Waals surface area contributed by atoms with Gasteiger partial charge < -0.3 is 15.4 Å². The lowest BCUT2D eigenvalue weighted by molar-refractivity contribution is -0.121. The molecule has 6 heterocycles. The van der Waals surface area contributed by atoms with Gasteiger partial charge in [-0.25, -0.2) is 19.3 Å². The molecule has 4 aromatic rings. The van der Waals surface area contributed by atoms with E-state index in [0.717, 1.165) is 25.2 Å². The number of hydrogen-bond donors (Lipinski definition) is 2. The number of hydrogen-bond acceptors (Lipinski definition) is 8. The number of amides is 1. The standard InChI is InChI=1S/C26H24N8O3/c35-22-15-37-20-6-7-21-30-24(20)32(22)10-2-1-3-11-33-25(36)19-14-28-26(31-23(19)34(21)33)29-18-5-4-17-13-27-9-8-16(17)12-18/h1,3-7,12,14,27H,2,8-11,13,15H2,(H,28,29,31)/b3-1+. The molecule has 0 atom stereocenters. The molecule has 0 fully saturated rings. The maximum Gasteiger partial charge on any atom is 0.278 e. The first-order chi connectivity index (χ1) is 18.2. The normalized spacial score (nSPS) is 17.4. The number of carbonyl (C=O) groups is 1. The molecule has 186 valence electrons. The molecule has 0 radical (unpaired) electrons. The van der Waals surface area contributed by atoms with E-state index in [0.29, 0.717) is 53.9 Å². The molecular weight excluding hydrogens is 472 g/mol. The molecule has 1 amide bonds. The fourth-order valence-corrected chi connectivity index (χ4v) is 5.08. The van der Waals surface area contributed by atoms with E-state index >= 15 is 0 Å². The predicted octanol–water partition coefficient (Wildman–Crippen LogP) is 2.05. The van der Waals surface area contributed by atoms with Crippen LogP contribution in [0, 0.1) is 0 Å². The van der Waals surface area contributed by atoms with Crippen molar-refractivity contribution in [2.75, 3.05) is 29.9 Å². The molecule has 2 bridgehead atoms. The van der Waals surface area contributed by atoms with E-state index in [9.17, 15) is 9.59 Å². The molecule has 3 aliphatic rings. The van der Waals surface area contributed by atoms with Gasteiger partial charge >= 0.3 is 0 Å². The van der Waals surface area contributed by atoms with E-state index in [2.05, 4.69) is 27.8 Å². The number of allylic oxidation sites excluding steroid dienone is 1. The summed E-state index contributed by atoms with van der Waals surface area (Å²) in [6.45, 7) is 2.62. The van der Waals surface area contributed by atoms with Gasteiger partial charge in [0.15, 0.2) is 29.6 Å². The van der Waals surface area contributed by atoms with Crippen LogP contribution in [0.5, 0.6) is 5.75 Å². The van der Waals surface area contributed by atoms with Gasteiger partial charge in [-0.2, -0.15) is 4.98 Å². The van der Waals surface area contributed by atoms with Crippen LogP contribution in [0.25, 0.3) is 16.9 Å². The Hall–Kier alpha value is -4.51. The highest BCUT2D eigenvalue weighted by molar-refractivity contribution is 5.96. The quantitative estimate of drug-likeness (QED) is 0.405. The molecule has 0 aliphatic carbocycles. The number of benzene rings is 1. The minimum absolute atomic E-state index is 0.0175. The van der Waals surface area contributed by atoms with Crippen molar-refractivity contribution in [2.45, 2.75) is 25.9 Å². The summed E-state index contributed by atoms with van der Waals surface area (Å²) in [4.78, 5) is 41.5. The molecule has 0 unspecified atom stereocenters. The predicted molar refractivity (Wildman–Crippen MR) is 138 cm³/mol. The van der Waals surface area contributed by atoms with Crippen LogP contribution in [0.15, 0.2) is 53.5 Å². The lowest BCUT2D eigenvalue weighted by atomic mass is 10.0. The van der Waals surface area contributed by atoms with Gasteiger partial charge in [0, 0.05) is 25.0 Å². The lowest BCUT2D eigenvalue weighted by Gasteiger charge is -2.28. The van der Waals surface area contributed by atoms with Crippen LogP contribution in [-0.2, 0) is 24.3 Å². The molecular formula is C26H24N8O3. The van der Waals surface area contributed by atoms with Crippen molar-refractivity contribution in [2.24, 2.45) is 0 Å². The van der Waals surface area contributed by atoms with Gasteiger partial charge in [0.25, 0.3) is 11.5 Å². The van der Waals surface area contributed by atoms with Crippen molar-refractivity contribution in [3.8, 4) is 11.6 Å². The summed E-state index contributed by atoms with van der Waals surface area (Å²) in [5, 5.41) is 7.06. The number of nitrogens with zero attached hydrogens (tertiary/aromatic N) is 6. The van der Waals surface area contributed by atoms with Crippen LogP contribution in [0.2, 0.25) is 0 Å². The van der Waals surface area contributed by atoms with E-state index in [-0.39, 0.29) is 18.1 Å². The van der Waals surface area contributed by atoms with Gasteiger partial charge in [-0.15, -0.1) is 0 Å². The first-order valence-corrected chi connectivity index (χ1v) is 12.3. The Kier molecular flexibility index (Phi) is 5.03. The zero-order valence-corrected chi connectivity index (χ0v) is 20.0. The number of anilines is 3. The minimum atomic E-state index is -0.213. The molecule has 0 saturated carbocycles. The number of pyridine rings is 1. The van der Waals surface area contributed by atoms with Crippen LogP contribution in [0.1, 0.15) is 17.5 Å². The van der Waals surface area contributed by atoms with Gasteiger partial charge in [-0.3, -0.25) is 14.5 Å². The van der Waals surface area contributed by atoms with Crippen LogP contribution < -0.4 is 25.8 Å². The SMILES string of the molecule is O=C1COc2ccc3nc2N1CC/C=C/Cn1c(=O)c2cnc(Nc4ccc5c(c4)CCNC5)nc2n1-3.